The number of carbonyl (C=O) groups is 1. The Bertz CT molecular complexity index is 957. The Morgan fingerprint density at radius 3 is 2.50 bits per heavy atom. The summed E-state index contributed by atoms with van der Waals surface area (Å²) >= 11 is 0. The van der Waals surface area contributed by atoms with E-state index in [1.54, 1.807) is 24.3 Å². The number of nitrogens with one attached hydrogen (secondary N) is 1. The van der Waals surface area contributed by atoms with Crippen molar-refractivity contribution in [2.75, 3.05) is 21.9 Å². The van der Waals surface area contributed by atoms with Crippen molar-refractivity contribution in [2.45, 2.75) is 6.42 Å². The molecule has 2 aromatic rings. The van der Waals surface area contributed by atoms with E-state index in [-0.39, 0.29) is 11.4 Å². The Balaban J connectivity index is 1.67. The SMILES string of the molecule is O=C(/C=C/c1ccc(N2CCCS2(=O)=O)cc1)Nc1cc(F)ccc1F. The number of halogens is 2. The third kappa shape index (κ3) is 4.08. The van der Waals surface area contributed by atoms with E-state index < -0.39 is 27.6 Å². The van der Waals surface area contributed by atoms with Crippen LogP contribution in [0.5, 0.6) is 0 Å². The van der Waals surface area contributed by atoms with Gasteiger partial charge in [0.05, 0.1) is 17.1 Å². The highest BCUT2D eigenvalue weighted by molar-refractivity contribution is 7.93. The van der Waals surface area contributed by atoms with Crippen molar-refractivity contribution in [3.8, 4) is 0 Å². The summed E-state index contributed by atoms with van der Waals surface area (Å²) in [5.74, 6) is -1.85. The fourth-order valence-corrected chi connectivity index (χ4v) is 4.19. The van der Waals surface area contributed by atoms with Crippen LogP contribution in [0.4, 0.5) is 20.2 Å². The van der Waals surface area contributed by atoms with E-state index in [0.29, 0.717) is 24.2 Å². The van der Waals surface area contributed by atoms with Crippen LogP contribution in [-0.2, 0) is 14.8 Å². The summed E-state index contributed by atoms with van der Waals surface area (Å²) in [5, 5.41) is 2.26. The van der Waals surface area contributed by atoms with Gasteiger partial charge in [0.15, 0.2) is 0 Å². The standard InChI is InChI=1S/C18H16F2N2O3S/c19-14-5-8-16(20)17(12-14)21-18(23)9-4-13-2-6-15(7-3-13)22-10-1-11-26(22,24)25/h2-9,12H,1,10-11H2,(H,21,23)/b9-4+. The van der Waals surface area contributed by atoms with E-state index >= 15 is 0 Å². The number of anilines is 2. The van der Waals surface area contributed by atoms with Gasteiger partial charge in [-0.2, -0.15) is 0 Å². The molecule has 1 N–H and O–H groups in total. The summed E-state index contributed by atoms with van der Waals surface area (Å²) < 4.78 is 51.7. The van der Waals surface area contributed by atoms with Gasteiger partial charge < -0.3 is 5.32 Å². The van der Waals surface area contributed by atoms with Crippen molar-refractivity contribution in [2.24, 2.45) is 0 Å². The molecule has 1 aliphatic heterocycles. The Labute approximate surface area is 150 Å². The van der Waals surface area contributed by atoms with E-state index in [4.69, 9.17) is 0 Å². The second-order valence-electron chi connectivity index (χ2n) is 5.78. The molecule has 0 aliphatic carbocycles. The van der Waals surface area contributed by atoms with Gasteiger partial charge in [0, 0.05) is 18.7 Å². The molecular formula is C18H16F2N2O3S. The molecule has 5 nitrogen and oxygen atoms in total. The molecule has 0 atom stereocenters. The van der Waals surface area contributed by atoms with Crippen molar-refractivity contribution in [3.63, 3.8) is 0 Å². The molecule has 1 amide bonds. The number of sulfonamides is 1. The second kappa shape index (κ2) is 7.25. The van der Waals surface area contributed by atoms with Crippen molar-refractivity contribution < 1.29 is 22.0 Å². The van der Waals surface area contributed by atoms with E-state index in [9.17, 15) is 22.0 Å². The van der Waals surface area contributed by atoms with Crippen LogP contribution < -0.4 is 9.62 Å². The summed E-state index contributed by atoms with van der Waals surface area (Å²) in [6.45, 7) is 0.457. The lowest BCUT2D eigenvalue weighted by Crippen LogP contribution is -2.24. The first-order chi connectivity index (χ1) is 12.3. The lowest BCUT2D eigenvalue weighted by atomic mass is 10.2. The maximum atomic E-state index is 13.5. The smallest absolute Gasteiger partial charge is 0.248 e. The number of carbonyl (C=O) groups excluding carboxylic acids is 1. The summed E-state index contributed by atoms with van der Waals surface area (Å²) in [5.41, 5.74) is 1.00. The zero-order valence-electron chi connectivity index (χ0n) is 13.7. The minimum absolute atomic E-state index is 0.144. The molecule has 1 fully saturated rings. The van der Waals surface area contributed by atoms with Crippen molar-refractivity contribution in [1.82, 2.24) is 0 Å². The number of hydrogen-bond acceptors (Lipinski definition) is 3. The lowest BCUT2D eigenvalue weighted by Gasteiger charge is -2.16. The summed E-state index contributed by atoms with van der Waals surface area (Å²) in [6.07, 6.45) is 3.28. The van der Waals surface area contributed by atoms with Crippen molar-refractivity contribution in [1.29, 1.82) is 0 Å². The third-order valence-corrected chi connectivity index (χ3v) is 5.76. The third-order valence-electron chi connectivity index (χ3n) is 3.89. The van der Waals surface area contributed by atoms with Crippen LogP contribution >= 0.6 is 0 Å². The first-order valence-corrected chi connectivity index (χ1v) is 9.51. The highest BCUT2D eigenvalue weighted by Gasteiger charge is 2.28. The molecule has 0 unspecified atom stereocenters. The van der Waals surface area contributed by atoms with Gasteiger partial charge in [-0.1, -0.05) is 12.1 Å². The molecule has 0 bridgehead atoms. The molecule has 1 saturated heterocycles. The molecule has 26 heavy (non-hydrogen) atoms. The van der Waals surface area contributed by atoms with Crippen molar-refractivity contribution in [3.05, 3.63) is 65.7 Å². The zero-order chi connectivity index (χ0) is 18.7. The van der Waals surface area contributed by atoms with Gasteiger partial charge in [-0.05, 0) is 42.3 Å². The molecule has 1 heterocycles. The highest BCUT2D eigenvalue weighted by atomic mass is 32.2. The van der Waals surface area contributed by atoms with Crippen LogP contribution in [0.1, 0.15) is 12.0 Å². The van der Waals surface area contributed by atoms with E-state index in [1.807, 2.05) is 0 Å². The van der Waals surface area contributed by atoms with Crippen LogP contribution in [0.2, 0.25) is 0 Å². The average Bonchev–Trinajstić information content (AvgIpc) is 2.96. The van der Waals surface area contributed by atoms with Gasteiger partial charge >= 0.3 is 0 Å². The normalized spacial score (nSPS) is 16.2. The van der Waals surface area contributed by atoms with Gasteiger partial charge in [-0.3, -0.25) is 9.10 Å². The van der Waals surface area contributed by atoms with E-state index in [2.05, 4.69) is 5.32 Å². The number of benzene rings is 2. The molecule has 1 aliphatic rings. The number of nitrogens with zero attached hydrogens (tertiary/aromatic N) is 1. The van der Waals surface area contributed by atoms with Crippen LogP contribution in [0.15, 0.2) is 48.5 Å². The number of rotatable bonds is 4. The van der Waals surface area contributed by atoms with Crippen molar-refractivity contribution >= 4 is 33.4 Å². The fraction of sp³-hybridized carbons (Fsp3) is 0.167. The highest BCUT2D eigenvalue weighted by Crippen LogP contribution is 2.24. The molecule has 136 valence electrons. The minimum Gasteiger partial charge on any atom is -0.320 e. The maximum Gasteiger partial charge on any atom is 0.248 e. The maximum absolute atomic E-state index is 13.5. The van der Waals surface area contributed by atoms with Gasteiger partial charge in [-0.25, -0.2) is 17.2 Å². The van der Waals surface area contributed by atoms with Gasteiger partial charge in [0.2, 0.25) is 15.9 Å². The quantitative estimate of drug-likeness (QED) is 0.831. The first-order valence-electron chi connectivity index (χ1n) is 7.90. The van der Waals surface area contributed by atoms with E-state index in [1.165, 1.54) is 16.5 Å². The molecule has 0 saturated carbocycles. The molecule has 2 aromatic carbocycles. The van der Waals surface area contributed by atoms with Crippen LogP contribution in [0, 0.1) is 11.6 Å². The van der Waals surface area contributed by atoms with Crippen LogP contribution in [0.25, 0.3) is 6.08 Å². The summed E-state index contributed by atoms with van der Waals surface area (Å²) in [6, 6.07) is 9.46. The number of amides is 1. The van der Waals surface area contributed by atoms with E-state index in [0.717, 1.165) is 18.2 Å². The summed E-state index contributed by atoms with van der Waals surface area (Å²) in [4.78, 5) is 11.8. The monoisotopic (exact) mass is 378 g/mol. The lowest BCUT2D eigenvalue weighted by molar-refractivity contribution is -0.111. The van der Waals surface area contributed by atoms with Gasteiger partial charge in [0.25, 0.3) is 0 Å². The molecule has 0 aromatic heterocycles. The van der Waals surface area contributed by atoms with Crippen LogP contribution in [-0.4, -0.2) is 26.6 Å². The molecule has 0 spiro atoms. The predicted octanol–water partition coefficient (Wildman–Crippen LogP) is 3.16. The first kappa shape index (κ1) is 18.1. The van der Waals surface area contributed by atoms with Gasteiger partial charge in [0.1, 0.15) is 11.6 Å². The molecule has 8 heteroatoms. The molecular weight excluding hydrogens is 362 g/mol. The number of hydrogen-bond donors (Lipinski definition) is 1. The fourth-order valence-electron chi connectivity index (χ4n) is 2.62. The minimum atomic E-state index is -3.24. The topological polar surface area (TPSA) is 66.5 Å². The largest absolute Gasteiger partial charge is 0.320 e. The second-order valence-corrected chi connectivity index (χ2v) is 7.79. The Morgan fingerprint density at radius 1 is 1.12 bits per heavy atom. The Morgan fingerprint density at radius 2 is 1.85 bits per heavy atom. The Kier molecular flexibility index (Phi) is 5.03. The van der Waals surface area contributed by atoms with Crippen LogP contribution in [0.3, 0.4) is 0 Å². The zero-order valence-corrected chi connectivity index (χ0v) is 14.5. The van der Waals surface area contributed by atoms with Gasteiger partial charge in [-0.15, -0.1) is 0 Å². The Hall–Kier alpha value is -2.74. The average molecular weight is 378 g/mol. The predicted molar refractivity (Wildman–Crippen MR) is 96.2 cm³/mol. The molecule has 3 rings (SSSR count). The molecule has 0 radical (unpaired) electrons. The summed E-state index contributed by atoms with van der Waals surface area (Å²) in [7, 11) is -3.24.